The van der Waals surface area contributed by atoms with E-state index < -0.39 is 0 Å². The summed E-state index contributed by atoms with van der Waals surface area (Å²) in [6, 6.07) is 7.97. The van der Waals surface area contributed by atoms with Crippen molar-refractivity contribution in [2.45, 2.75) is 25.9 Å². The smallest absolute Gasteiger partial charge is 0.118 e. The fourth-order valence-corrected chi connectivity index (χ4v) is 1.67. The number of benzene rings is 1. The van der Waals surface area contributed by atoms with Gasteiger partial charge in [0.15, 0.2) is 0 Å². The Morgan fingerprint density at radius 1 is 1.33 bits per heavy atom. The van der Waals surface area contributed by atoms with Crippen molar-refractivity contribution in [2.75, 3.05) is 7.11 Å². The molecule has 18 heavy (non-hydrogen) atoms. The summed E-state index contributed by atoms with van der Waals surface area (Å²) in [6.07, 6.45) is 2.81. The molecular formula is C13H18N4O. The Morgan fingerprint density at radius 2 is 2.06 bits per heavy atom. The summed E-state index contributed by atoms with van der Waals surface area (Å²) < 4.78 is 6.94. The zero-order valence-electron chi connectivity index (χ0n) is 10.7. The predicted molar refractivity (Wildman–Crippen MR) is 69.3 cm³/mol. The Hall–Kier alpha value is -1.88. The van der Waals surface area contributed by atoms with E-state index in [0.29, 0.717) is 0 Å². The van der Waals surface area contributed by atoms with Gasteiger partial charge in [-0.3, -0.25) is 4.68 Å². The van der Waals surface area contributed by atoms with Crippen LogP contribution < -0.4 is 10.5 Å². The summed E-state index contributed by atoms with van der Waals surface area (Å²) in [5.74, 6) is 0.874. The number of rotatable bonds is 5. The maximum absolute atomic E-state index is 5.74. The highest BCUT2D eigenvalue weighted by molar-refractivity contribution is 5.27. The molecule has 1 heterocycles. The van der Waals surface area contributed by atoms with E-state index >= 15 is 0 Å². The van der Waals surface area contributed by atoms with Crippen LogP contribution in [0.3, 0.4) is 0 Å². The van der Waals surface area contributed by atoms with Gasteiger partial charge in [0.05, 0.1) is 19.0 Å². The number of methoxy groups -OCH3 is 1. The van der Waals surface area contributed by atoms with Crippen molar-refractivity contribution >= 4 is 0 Å². The molecule has 2 rings (SSSR count). The molecule has 1 aromatic carbocycles. The lowest BCUT2D eigenvalue weighted by molar-refractivity contribution is 0.414. The molecule has 0 fully saturated rings. The SMILES string of the molecule is COc1ccc(CCn2cc(C(C)N)nn2)cc1. The minimum atomic E-state index is -0.0697. The van der Waals surface area contributed by atoms with E-state index in [1.54, 1.807) is 7.11 Å². The van der Waals surface area contributed by atoms with Crippen LogP contribution in [0.25, 0.3) is 0 Å². The van der Waals surface area contributed by atoms with Crippen molar-refractivity contribution in [1.82, 2.24) is 15.0 Å². The minimum absolute atomic E-state index is 0.0697. The summed E-state index contributed by atoms with van der Waals surface area (Å²) in [5, 5.41) is 8.07. The van der Waals surface area contributed by atoms with Gasteiger partial charge in [-0.2, -0.15) is 0 Å². The van der Waals surface area contributed by atoms with Crippen molar-refractivity contribution < 1.29 is 4.74 Å². The summed E-state index contributed by atoms with van der Waals surface area (Å²) in [4.78, 5) is 0. The number of nitrogens with zero attached hydrogens (tertiary/aromatic N) is 3. The summed E-state index contributed by atoms with van der Waals surface area (Å²) in [5.41, 5.74) is 7.80. The molecule has 1 aromatic heterocycles. The van der Waals surface area contributed by atoms with E-state index in [4.69, 9.17) is 10.5 Å². The normalized spacial score (nSPS) is 12.4. The molecule has 0 aliphatic rings. The van der Waals surface area contributed by atoms with E-state index in [1.165, 1.54) is 5.56 Å². The van der Waals surface area contributed by atoms with Crippen molar-refractivity contribution in [3.8, 4) is 5.75 Å². The van der Waals surface area contributed by atoms with Gasteiger partial charge in [0.2, 0.25) is 0 Å². The molecule has 0 aliphatic carbocycles. The van der Waals surface area contributed by atoms with Gasteiger partial charge in [0.25, 0.3) is 0 Å². The lowest BCUT2D eigenvalue weighted by atomic mass is 10.1. The fraction of sp³-hybridized carbons (Fsp3) is 0.385. The number of ether oxygens (including phenoxy) is 1. The van der Waals surface area contributed by atoms with Crippen molar-refractivity contribution in [2.24, 2.45) is 5.73 Å². The number of hydrogen-bond donors (Lipinski definition) is 1. The van der Waals surface area contributed by atoms with Crippen molar-refractivity contribution in [1.29, 1.82) is 0 Å². The Balaban J connectivity index is 1.93. The van der Waals surface area contributed by atoms with Gasteiger partial charge >= 0.3 is 0 Å². The van der Waals surface area contributed by atoms with Crippen molar-refractivity contribution in [3.63, 3.8) is 0 Å². The highest BCUT2D eigenvalue weighted by Crippen LogP contribution is 2.12. The van der Waals surface area contributed by atoms with Gasteiger partial charge < -0.3 is 10.5 Å². The molecule has 0 radical (unpaired) electrons. The van der Waals surface area contributed by atoms with Crippen LogP contribution >= 0.6 is 0 Å². The summed E-state index contributed by atoms with van der Waals surface area (Å²) >= 11 is 0. The Morgan fingerprint density at radius 3 is 2.61 bits per heavy atom. The molecule has 5 heteroatoms. The van der Waals surface area contributed by atoms with Crippen molar-refractivity contribution in [3.05, 3.63) is 41.7 Å². The molecule has 96 valence electrons. The van der Waals surface area contributed by atoms with E-state index in [2.05, 4.69) is 22.4 Å². The molecule has 2 N–H and O–H groups in total. The highest BCUT2D eigenvalue weighted by Gasteiger charge is 2.05. The quantitative estimate of drug-likeness (QED) is 0.869. The topological polar surface area (TPSA) is 66.0 Å². The highest BCUT2D eigenvalue weighted by atomic mass is 16.5. The minimum Gasteiger partial charge on any atom is -0.497 e. The second kappa shape index (κ2) is 5.64. The first-order chi connectivity index (χ1) is 8.69. The molecule has 0 amide bonds. The predicted octanol–water partition coefficient (Wildman–Crippen LogP) is 1.55. The average molecular weight is 246 g/mol. The molecule has 5 nitrogen and oxygen atoms in total. The molecule has 0 bridgehead atoms. The van der Waals surface area contributed by atoms with Gasteiger partial charge in [-0.05, 0) is 31.0 Å². The molecule has 2 aromatic rings. The fourth-order valence-electron chi connectivity index (χ4n) is 1.67. The zero-order valence-corrected chi connectivity index (χ0v) is 10.7. The van der Waals surface area contributed by atoms with E-state index in [-0.39, 0.29) is 6.04 Å². The van der Waals surface area contributed by atoms with Gasteiger partial charge in [0, 0.05) is 12.6 Å². The summed E-state index contributed by atoms with van der Waals surface area (Å²) in [7, 11) is 1.67. The molecule has 1 unspecified atom stereocenters. The van der Waals surface area contributed by atoms with E-state index in [9.17, 15) is 0 Å². The third-order valence-corrected chi connectivity index (χ3v) is 2.81. The van der Waals surface area contributed by atoms with Crippen LogP contribution in [0.5, 0.6) is 5.75 Å². The van der Waals surface area contributed by atoms with Crippen LogP contribution in [0.1, 0.15) is 24.2 Å². The molecule has 1 atom stereocenters. The van der Waals surface area contributed by atoms with Crippen LogP contribution in [-0.4, -0.2) is 22.1 Å². The molecule has 0 aliphatic heterocycles. The molecule has 0 saturated heterocycles. The molecule has 0 spiro atoms. The van der Waals surface area contributed by atoms with E-state index in [1.807, 2.05) is 29.9 Å². The largest absolute Gasteiger partial charge is 0.497 e. The maximum atomic E-state index is 5.74. The lowest BCUT2D eigenvalue weighted by Crippen LogP contribution is -2.05. The van der Waals surface area contributed by atoms with E-state index in [0.717, 1.165) is 24.4 Å². The number of nitrogens with two attached hydrogens (primary N) is 1. The van der Waals surface area contributed by atoms with Crippen LogP contribution in [0.2, 0.25) is 0 Å². The third kappa shape index (κ3) is 3.07. The Bertz CT molecular complexity index is 490. The maximum Gasteiger partial charge on any atom is 0.118 e. The number of hydrogen-bond acceptors (Lipinski definition) is 4. The van der Waals surface area contributed by atoms with Gasteiger partial charge in [-0.15, -0.1) is 5.10 Å². The number of aryl methyl sites for hydroxylation is 2. The Labute approximate surface area is 107 Å². The van der Waals surface area contributed by atoms with Crippen LogP contribution in [0, 0.1) is 0 Å². The lowest BCUT2D eigenvalue weighted by Gasteiger charge is -2.03. The second-order valence-corrected chi connectivity index (χ2v) is 4.29. The third-order valence-electron chi connectivity index (χ3n) is 2.81. The number of aromatic nitrogens is 3. The second-order valence-electron chi connectivity index (χ2n) is 4.29. The van der Waals surface area contributed by atoms with Gasteiger partial charge in [-0.25, -0.2) is 0 Å². The van der Waals surface area contributed by atoms with Gasteiger partial charge in [-0.1, -0.05) is 17.3 Å². The first kappa shape index (κ1) is 12.6. The Kier molecular flexibility index (Phi) is 3.94. The molecule has 0 saturated carbocycles. The standard InChI is InChI=1S/C13H18N4O/c1-10(14)13-9-17(16-15-13)8-7-11-3-5-12(18-2)6-4-11/h3-6,9-10H,7-8,14H2,1-2H3. The first-order valence-corrected chi connectivity index (χ1v) is 5.97. The van der Waals surface area contributed by atoms with Gasteiger partial charge in [0.1, 0.15) is 5.75 Å². The average Bonchev–Trinajstić information content (AvgIpc) is 2.86. The molecular weight excluding hydrogens is 228 g/mol. The first-order valence-electron chi connectivity index (χ1n) is 5.97. The van der Waals surface area contributed by atoms with Crippen LogP contribution in [0.15, 0.2) is 30.5 Å². The zero-order chi connectivity index (χ0) is 13.0. The monoisotopic (exact) mass is 246 g/mol. The summed E-state index contributed by atoms with van der Waals surface area (Å²) in [6.45, 7) is 2.70. The van der Waals surface area contributed by atoms with Crippen LogP contribution in [0.4, 0.5) is 0 Å². The van der Waals surface area contributed by atoms with Crippen LogP contribution in [-0.2, 0) is 13.0 Å².